The van der Waals surface area contributed by atoms with E-state index in [1.165, 1.54) is 0 Å². The summed E-state index contributed by atoms with van der Waals surface area (Å²) in [5.74, 6) is -4.94. The highest BCUT2D eigenvalue weighted by molar-refractivity contribution is 6.32. The van der Waals surface area contributed by atoms with Crippen LogP contribution in [0, 0.1) is 11.6 Å². The van der Waals surface area contributed by atoms with Crippen LogP contribution in [0.1, 0.15) is 5.56 Å². The number of alkyl halides is 3. The van der Waals surface area contributed by atoms with Crippen molar-refractivity contribution in [1.82, 2.24) is 13.7 Å². The van der Waals surface area contributed by atoms with Crippen molar-refractivity contribution < 1.29 is 36.2 Å². The molecule has 9 nitrogen and oxygen atoms in total. The SMILES string of the molecule is COC(=O)Cn1c(=O)n(C)c(=O)n(-c2cc(Oc3c(F)cc(C(F)(F)F)cc3Cl)ccc2F)c1=O. The fourth-order valence-electron chi connectivity index (χ4n) is 2.90. The quantitative estimate of drug-likeness (QED) is 0.378. The van der Waals surface area contributed by atoms with E-state index in [4.69, 9.17) is 16.3 Å². The van der Waals surface area contributed by atoms with Gasteiger partial charge in [0, 0.05) is 13.1 Å². The minimum Gasteiger partial charge on any atom is -0.468 e. The summed E-state index contributed by atoms with van der Waals surface area (Å²) in [4.78, 5) is 49.2. The second-order valence-electron chi connectivity index (χ2n) is 6.89. The van der Waals surface area contributed by atoms with Crippen LogP contribution in [0.4, 0.5) is 22.0 Å². The molecule has 0 aliphatic rings. The van der Waals surface area contributed by atoms with Gasteiger partial charge in [0.15, 0.2) is 11.6 Å². The van der Waals surface area contributed by atoms with Gasteiger partial charge >= 0.3 is 29.2 Å². The number of hydrogen-bond acceptors (Lipinski definition) is 6. The molecule has 2 aromatic carbocycles. The third-order valence-corrected chi connectivity index (χ3v) is 4.92. The monoisotopic (exact) mass is 521 g/mol. The van der Waals surface area contributed by atoms with Crippen molar-refractivity contribution in [3.05, 3.63) is 84.0 Å². The van der Waals surface area contributed by atoms with E-state index in [1.807, 2.05) is 0 Å². The Labute approximate surface area is 196 Å². The summed E-state index contributed by atoms with van der Waals surface area (Å²) in [5, 5.41) is -0.761. The molecule has 0 atom stereocenters. The van der Waals surface area contributed by atoms with Crippen molar-refractivity contribution in [1.29, 1.82) is 0 Å². The molecule has 0 aliphatic carbocycles. The molecule has 15 heteroatoms. The van der Waals surface area contributed by atoms with Crippen molar-refractivity contribution in [2.45, 2.75) is 12.7 Å². The van der Waals surface area contributed by atoms with Gasteiger partial charge in [-0.25, -0.2) is 36.9 Å². The standard InChI is InChI=1S/C20H13ClF5N3O6/c1-27-17(31)28(8-15(30)34-2)19(33)29(18(27)32)14-7-10(3-4-12(14)22)35-16-11(21)5-9(6-13(16)23)20(24,25)26/h3-7H,8H2,1-2H3. The van der Waals surface area contributed by atoms with Crippen LogP contribution in [0.5, 0.6) is 11.5 Å². The molecule has 0 spiro atoms. The molecule has 1 heterocycles. The molecule has 0 unspecified atom stereocenters. The van der Waals surface area contributed by atoms with Crippen molar-refractivity contribution in [2.24, 2.45) is 7.05 Å². The van der Waals surface area contributed by atoms with Gasteiger partial charge in [-0.1, -0.05) is 11.6 Å². The maximum atomic E-state index is 14.6. The van der Waals surface area contributed by atoms with Gasteiger partial charge in [0.25, 0.3) is 0 Å². The van der Waals surface area contributed by atoms with E-state index in [0.29, 0.717) is 21.3 Å². The first-order valence-electron chi connectivity index (χ1n) is 9.30. The number of ether oxygens (including phenoxy) is 2. The van der Waals surface area contributed by atoms with Crippen molar-refractivity contribution in [2.75, 3.05) is 7.11 Å². The fourth-order valence-corrected chi connectivity index (χ4v) is 3.14. The lowest BCUT2D eigenvalue weighted by Gasteiger charge is -2.15. The van der Waals surface area contributed by atoms with Crippen LogP contribution < -0.4 is 21.8 Å². The van der Waals surface area contributed by atoms with Crippen LogP contribution in [0.25, 0.3) is 5.69 Å². The molecule has 0 radical (unpaired) electrons. The molecule has 0 saturated carbocycles. The largest absolute Gasteiger partial charge is 0.468 e. The topological polar surface area (TPSA) is 102 Å². The van der Waals surface area contributed by atoms with Crippen molar-refractivity contribution in [3.8, 4) is 17.2 Å². The zero-order valence-electron chi connectivity index (χ0n) is 17.7. The minimum atomic E-state index is -4.89. The lowest BCUT2D eigenvalue weighted by molar-refractivity contribution is -0.141. The zero-order chi connectivity index (χ0) is 26.2. The number of aromatic nitrogens is 3. The number of nitrogens with zero attached hydrogens (tertiary/aromatic N) is 3. The van der Waals surface area contributed by atoms with E-state index in [-0.39, 0.29) is 10.6 Å². The molecule has 1 aromatic heterocycles. The Morgan fingerprint density at radius 3 is 2.23 bits per heavy atom. The van der Waals surface area contributed by atoms with Gasteiger partial charge in [0.1, 0.15) is 18.1 Å². The molecule has 3 rings (SSSR count). The molecule has 0 N–H and O–H groups in total. The lowest BCUT2D eigenvalue weighted by atomic mass is 10.2. The molecule has 0 bridgehead atoms. The molecule has 35 heavy (non-hydrogen) atoms. The third kappa shape index (κ3) is 4.96. The Bertz CT molecular complexity index is 1490. The molecular formula is C20H13ClF5N3O6. The van der Waals surface area contributed by atoms with Gasteiger partial charge in [0.2, 0.25) is 0 Å². The Balaban J connectivity index is 2.16. The van der Waals surface area contributed by atoms with E-state index in [9.17, 15) is 41.1 Å². The molecule has 3 aromatic rings. The molecule has 0 aliphatic heterocycles. The van der Waals surface area contributed by atoms with E-state index in [1.54, 1.807) is 0 Å². The Kier molecular flexibility index (Phi) is 6.87. The first-order chi connectivity index (χ1) is 16.3. The van der Waals surface area contributed by atoms with Crippen LogP contribution in [0.15, 0.2) is 44.7 Å². The maximum Gasteiger partial charge on any atom is 0.416 e. The molecule has 0 saturated heterocycles. The first-order valence-corrected chi connectivity index (χ1v) is 9.67. The zero-order valence-corrected chi connectivity index (χ0v) is 18.4. The second kappa shape index (κ2) is 9.37. The number of rotatable bonds is 5. The molecule has 0 amide bonds. The molecule has 0 fully saturated rings. The summed E-state index contributed by atoms with van der Waals surface area (Å²) < 4.78 is 77.9. The van der Waals surface area contributed by atoms with Crippen molar-refractivity contribution >= 4 is 17.6 Å². The van der Waals surface area contributed by atoms with E-state index < -0.39 is 75.2 Å². The minimum absolute atomic E-state index is 0.134. The van der Waals surface area contributed by atoms with Gasteiger partial charge in [-0.05, 0) is 24.3 Å². The summed E-state index contributed by atoms with van der Waals surface area (Å²) in [6, 6.07) is 2.93. The van der Waals surface area contributed by atoms with Gasteiger partial charge in [-0.3, -0.25) is 4.79 Å². The van der Waals surface area contributed by atoms with Gasteiger partial charge < -0.3 is 9.47 Å². The number of carbonyl (C=O) groups excluding carboxylic acids is 1. The van der Waals surface area contributed by atoms with Gasteiger partial charge in [0.05, 0.1) is 23.4 Å². The highest BCUT2D eigenvalue weighted by Gasteiger charge is 2.33. The van der Waals surface area contributed by atoms with Crippen LogP contribution in [-0.2, 0) is 29.3 Å². The molecule has 186 valence electrons. The summed E-state index contributed by atoms with van der Waals surface area (Å²) in [6.07, 6.45) is -4.89. The van der Waals surface area contributed by atoms with Gasteiger partial charge in [-0.2, -0.15) is 13.2 Å². The lowest BCUT2D eigenvalue weighted by Crippen LogP contribution is -2.54. The highest BCUT2D eigenvalue weighted by atomic mass is 35.5. The smallest absolute Gasteiger partial charge is 0.416 e. The normalized spacial score (nSPS) is 11.4. The second-order valence-corrected chi connectivity index (χ2v) is 7.29. The van der Waals surface area contributed by atoms with Crippen LogP contribution in [0.3, 0.4) is 0 Å². The van der Waals surface area contributed by atoms with Crippen LogP contribution in [0.2, 0.25) is 5.02 Å². The summed E-state index contributed by atoms with van der Waals surface area (Å²) in [5.41, 5.74) is -6.03. The average molecular weight is 522 g/mol. The third-order valence-electron chi connectivity index (χ3n) is 4.64. The number of hydrogen-bond donors (Lipinski definition) is 0. The van der Waals surface area contributed by atoms with E-state index in [2.05, 4.69) is 4.74 Å². The maximum absolute atomic E-state index is 14.6. The summed E-state index contributed by atoms with van der Waals surface area (Å²) in [7, 11) is 1.95. The average Bonchev–Trinajstić information content (AvgIpc) is 2.78. The summed E-state index contributed by atoms with van der Waals surface area (Å²) in [6.45, 7) is -0.896. The number of carbonyl (C=O) groups is 1. The van der Waals surface area contributed by atoms with E-state index >= 15 is 0 Å². The number of esters is 1. The van der Waals surface area contributed by atoms with E-state index in [0.717, 1.165) is 26.3 Å². The summed E-state index contributed by atoms with van der Waals surface area (Å²) >= 11 is 5.72. The van der Waals surface area contributed by atoms with Crippen molar-refractivity contribution in [3.63, 3.8) is 0 Å². The first kappa shape index (κ1) is 25.7. The predicted octanol–water partition coefficient (Wildman–Crippen LogP) is 2.61. The van der Waals surface area contributed by atoms with Crippen LogP contribution in [-0.4, -0.2) is 26.8 Å². The fraction of sp³-hybridized carbons (Fsp3) is 0.200. The Hall–Kier alpha value is -3.94. The number of halogens is 6. The Morgan fingerprint density at radius 2 is 1.66 bits per heavy atom. The van der Waals surface area contributed by atoms with Crippen LogP contribution >= 0.6 is 11.6 Å². The van der Waals surface area contributed by atoms with Gasteiger partial charge in [-0.15, -0.1) is 0 Å². The Morgan fingerprint density at radius 1 is 1.00 bits per heavy atom. The number of methoxy groups -OCH3 is 1. The number of benzene rings is 2. The predicted molar refractivity (Wildman–Crippen MR) is 110 cm³/mol. The highest BCUT2D eigenvalue weighted by Crippen LogP contribution is 2.38. The molecular weight excluding hydrogens is 509 g/mol.